The highest BCUT2D eigenvalue weighted by molar-refractivity contribution is 14.0. The molecule has 0 saturated carbocycles. The molecular weight excluding hydrogens is 515 g/mol. The van der Waals surface area contributed by atoms with Crippen LogP contribution in [0, 0.1) is 0 Å². The molecule has 31 heavy (non-hydrogen) atoms. The number of nitrogens with zero attached hydrogens (tertiary/aromatic N) is 3. The highest BCUT2D eigenvalue weighted by atomic mass is 127. The summed E-state index contributed by atoms with van der Waals surface area (Å²) in [7, 11) is 3.15. The summed E-state index contributed by atoms with van der Waals surface area (Å²) in [5.41, 5.74) is 0.190. The van der Waals surface area contributed by atoms with Gasteiger partial charge in [-0.25, -0.2) is 4.79 Å². The number of guanidine groups is 1. The van der Waals surface area contributed by atoms with Crippen molar-refractivity contribution in [2.75, 3.05) is 46.9 Å². The molecule has 1 saturated heterocycles. The van der Waals surface area contributed by atoms with Crippen molar-refractivity contribution < 1.29 is 24.1 Å². The molecule has 2 unspecified atom stereocenters. The third kappa shape index (κ3) is 6.52. The van der Waals surface area contributed by atoms with Crippen molar-refractivity contribution in [1.29, 1.82) is 0 Å². The smallest absolute Gasteiger partial charge is 0.410 e. The number of ether oxygens (including phenoxy) is 3. The number of hydrogen-bond donors (Lipinski definition) is 2. The molecule has 3 rings (SSSR count). The summed E-state index contributed by atoms with van der Waals surface area (Å²) in [6, 6.07) is 5.45. The van der Waals surface area contributed by atoms with Crippen molar-refractivity contribution in [3.05, 3.63) is 23.8 Å². The fraction of sp³-hybridized carbons (Fsp3) is 0.619. The first-order valence-electron chi connectivity index (χ1n) is 10.1. The van der Waals surface area contributed by atoms with E-state index in [2.05, 4.69) is 15.2 Å². The molecule has 174 valence electrons. The predicted molar refractivity (Wildman–Crippen MR) is 129 cm³/mol. The molecule has 9 nitrogen and oxygen atoms in total. The van der Waals surface area contributed by atoms with E-state index in [0.717, 1.165) is 5.96 Å². The number of nitrogens with one attached hydrogen (secondary N) is 1. The molecule has 1 amide bonds. The minimum atomic E-state index is -0.751. The first-order valence-corrected chi connectivity index (χ1v) is 10.1. The molecule has 2 N–H and O–H groups in total. The van der Waals surface area contributed by atoms with Crippen LogP contribution < -0.4 is 14.8 Å². The van der Waals surface area contributed by atoms with Gasteiger partial charge in [0.25, 0.3) is 0 Å². The highest BCUT2D eigenvalue weighted by Gasteiger charge is 2.36. The molecule has 1 aromatic rings. The monoisotopic (exact) mass is 548 g/mol. The summed E-state index contributed by atoms with van der Waals surface area (Å²) in [4.78, 5) is 20.8. The number of amides is 1. The fourth-order valence-corrected chi connectivity index (χ4v) is 3.55. The van der Waals surface area contributed by atoms with E-state index >= 15 is 0 Å². The molecule has 2 aliphatic rings. The van der Waals surface area contributed by atoms with Gasteiger partial charge in [0.1, 0.15) is 17.1 Å². The Bertz CT molecular complexity index is 776. The van der Waals surface area contributed by atoms with Crippen LogP contribution in [-0.4, -0.2) is 85.5 Å². The molecule has 0 radical (unpaired) electrons. The zero-order valence-electron chi connectivity index (χ0n) is 18.8. The van der Waals surface area contributed by atoms with Crippen LogP contribution >= 0.6 is 24.0 Å². The second kappa shape index (κ2) is 10.6. The van der Waals surface area contributed by atoms with Gasteiger partial charge >= 0.3 is 6.09 Å². The van der Waals surface area contributed by atoms with Crippen LogP contribution in [0.5, 0.6) is 11.5 Å². The number of rotatable bonds is 5. The van der Waals surface area contributed by atoms with Gasteiger partial charge in [0.05, 0.1) is 32.9 Å². The maximum absolute atomic E-state index is 12.3. The van der Waals surface area contributed by atoms with Crippen LogP contribution in [0.1, 0.15) is 32.4 Å². The van der Waals surface area contributed by atoms with Gasteiger partial charge in [0, 0.05) is 32.2 Å². The lowest BCUT2D eigenvalue weighted by atomic mass is 10.1. The zero-order valence-corrected chi connectivity index (χ0v) is 21.1. The maximum Gasteiger partial charge on any atom is 0.410 e. The Balaban J connectivity index is 0.00000341. The van der Waals surface area contributed by atoms with Gasteiger partial charge in [-0.3, -0.25) is 4.99 Å². The Hall–Kier alpha value is -1.95. The van der Waals surface area contributed by atoms with Gasteiger partial charge in [-0.2, -0.15) is 0 Å². The summed E-state index contributed by atoms with van der Waals surface area (Å²) >= 11 is 0. The van der Waals surface area contributed by atoms with Crippen LogP contribution in [0.3, 0.4) is 0 Å². The number of aliphatic imine (C=N–C) groups is 1. The lowest BCUT2D eigenvalue weighted by molar-refractivity contribution is 0.0137. The van der Waals surface area contributed by atoms with Crippen LogP contribution in [0.15, 0.2) is 23.2 Å². The van der Waals surface area contributed by atoms with Gasteiger partial charge in [-0.1, -0.05) is 0 Å². The maximum atomic E-state index is 12.3. The van der Waals surface area contributed by atoms with E-state index < -0.39 is 11.7 Å². The molecular formula is C21H33IN4O5. The lowest BCUT2D eigenvalue weighted by Gasteiger charge is -2.39. The van der Waals surface area contributed by atoms with Crippen LogP contribution in [0.4, 0.5) is 4.79 Å². The van der Waals surface area contributed by atoms with E-state index in [9.17, 15) is 9.90 Å². The Kier molecular flexibility index (Phi) is 8.64. The van der Waals surface area contributed by atoms with Crippen molar-refractivity contribution in [2.24, 2.45) is 4.99 Å². The van der Waals surface area contributed by atoms with Gasteiger partial charge in [0.2, 0.25) is 0 Å². The number of halogens is 1. The first kappa shape index (κ1) is 25.3. The number of hydrogen-bond acceptors (Lipinski definition) is 8. The van der Waals surface area contributed by atoms with Crippen LogP contribution in [0.25, 0.3) is 0 Å². The number of carbonyl (C=O) groups is 1. The van der Waals surface area contributed by atoms with Gasteiger partial charge < -0.3 is 34.4 Å². The molecule has 1 aromatic carbocycles. The summed E-state index contributed by atoms with van der Waals surface area (Å²) in [6.45, 7) is 8.31. The molecule has 0 spiro atoms. The quantitative estimate of drug-likeness (QED) is 0.545. The average Bonchev–Trinajstić information content (AvgIpc) is 3.12. The van der Waals surface area contributed by atoms with Crippen molar-refractivity contribution in [1.82, 2.24) is 15.1 Å². The third-order valence-electron chi connectivity index (χ3n) is 5.07. The number of methoxy groups -OCH3 is 2. The summed E-state index contributed by atoms with van der Waals surface area (Å²) in [5, 5.41) is 13.9. The molecule has 0 bridgehead atoms. The number of piperazine rings is 1. The average molecular weight is 548 g/mol. The number of aliphatic hydroxyl groups excluding tert-OH is 1. The molecule has 10 heteroatoms. The van der Waals surface area contributed by atoms with Gasteiger partial charge in [0.15, 0.2) is 5.96 Å². The van der Waals surface area contributed by atoms with Crippen molar-refractivity contribution in [3.63, 3.8) is 0 Å². The van der Waals surface area contributed by atoms with Crippen LogP contribution in [-0.2, 0) is 4.74 Å². The largest absolute Gasteiger partial charge is 0.497 e. The topological polar surface area (TPSA) is 95.9 Å². The Labute approximate surface area is 200 Å². The summed E-state index contributed by atoms with van der Waals surface area (Å²) in [6.07, 6.45) is -1.04. The van der Waals surface area contributed by atoms with E-state index in [1.807, 2.05) is 20.8 Å². The zero-order chi connectivity index (χ0) is 21.9. The molecule has 0 aliphatic carbocycles. The number of aliphatic hydroxyl groups is 1. The normalized spacial score (nSPS) is 19.0. The summed E-state index contributed by atoms with van der Waals surface area (Å²) < 4.78 is 16.0. The van der Waals surface area contributed by atoms with E-state index in [1.54, 1.807) is 37.3 Å². The van der Waals surface area contributed by atoms with E-state index in [-0.39, 0.29) is 36.1 Å². The van der Waals surface area contributed by atoms with E-state index in [1.165, 1.54) is 0 Å². The molecule has 1 fully saturated rings. The molecule has 2 atom stereocenters. The van der Waals surface area contributed by atoms with Crippen LogP contribution in [0.2, 0.25) is 0 Å². The molecule has 0 aromatic heterocycles. The van der Waals surface area contributed by atoms with Crippen molar-refractivity contribution in [3.8, 4) is 11.5 Å². The Morgan fingerprint density at radius 3 is 2.45 bits per heavy atom. The minimum absolute atomic E-state index is 0. The summed E-state index contributed by atoms with van der Waals surface area (Å²) in [5.74, 6) is 2.00. The van der Waals surface area contributed by atoms with E-state index in [4.69, 9.17) is 14.2 Å². The Morgan fingerprint density at radius 2 is 1.87 bits per heavy atom. The van der Waals surface area contributed by atoms with Crippen molar-refractivity contribution in [2.45, 2.75) is 38.5 Å². The van der Waals surface area contributed by atoms with Crippen molar-refractivity contribution >= 4 is 36.0 Å². The SMILES string of the molecule is COc1cc(OC)cc(C(O)CNC2=NCC3CN(C(=O)OC(C)(C)C)CCN23)c1.I. The highest BCUT2D eigenvalue weighted by Crippen LogP contribution is 2.26. The first-order chi connectivity index (χ1) is 14.2. The number of fused-ring (bicyclic) bond motifs is 1. The van der Waals surface area contributed by atoms with Gasteiger partial charge in [-0.15, -0.1) is 24.0 Å². The Morgan fingerprint density at radius 1 is 1.23 bits per heavy atom. The molecule has 2 aliphatic heterocycles. The second-order valence-electron chi connectivity index (χ2n) is 8.48. The number of benzene rings is 1. The molecule has 2 heterocycles. The van der Waals surface area contributed by atoms with E-state index in [0.29, 0.717) is 49.8 Å². The lowest BCUT2D eigenvalue weighted by Crippen LogP contribution is -2.57. The third-order valence-corrected chi connectivity index (χ3v) is 5.07. The minimum Gasteiger partial charge on any atom is -0.497 e. The van der Waals surface area contributed by atoms with Gasteiger partial charge in [-0.05, 0) is 38.5 Å². The standard InChI is InChI=1S/C21H32N4O5.HI/c1-21(2,3)30-20(27)24-6-7-25-15(13-24)11-22-19(25)23-12-18(26)14-8-16(28-4)10-17(9-14)29-5;/h8-10,15,18,26H,6-7,11-13H2,1-5H3,(H,22,23);1H. The number of carbonyl (C=O) groups excluding carboxylic acids is 1. The second-order valence-corrected chi connectivity index (χ2v) is 8.48. The predicted octanol–water partition coefficient (Wildman–Crippen LogP) is 2.24. The fourth-order valence-electron chi connectivity index (χ4n) is 3.55.